The van der Waals surface area contributed by atoms with E-state index < -0.39 is 11.2 Å². The minimum atomic E-state index is -1.84. The molecule has 1 aromatic rings. The van der Waals surface area contributed by atoms with Crippen LogP contribution in [0.25, 0.3) is 0 Å². The van der Waals surface area contributed by atoms with Gasteiger partial charge >= 0.3 is 0 Å². The average Bonchev–Trinajstić information content (AvgIpc) is 2.24. The SMILES string of the molecule is N#CC(C#N)(C#N)c1ccc(F)cc1. The van der Waals surface area contributed by atoms with E-state index in [2.05, 4.69) is 0 Å². The van der Waals surface area contributed by atoms with E-state index in [1.54, 1.807) is 18.2 Å². The molecule has 0 aliphatic heterocycles. The van der Waals surface area contributed by atoms with Gasteiger partial charge in [-0.25, -0.2) is 4.39 Å². The highest BCUT2D eigenvalue weighted by molar-refractivity contribution is 5.47. The van der Waals surface area contributed by atoms with Crippen molar-refractivity contribution in [3.05, 3.63) is 35.6 Å². The molecule has 0 unspecified atom stereocenters. The fourth-order valence-electron chi connectivity index (χ4n) is 0.969. The molecule has 0 aliphatic rings. The highest BCUT2D eigenvalue weighted by Gasteiger charge is 2.32. The first-order valence-electron chi connectivity index (χ1n) is 3.68. The third kappa shape index (κ3) is 1.40. The van der Waals surface area contributed by atoms with Crippen LogP contribution in [0.4, 0.5) is 4.39 Å². The van der Waals surface area contributed by atoms with Gasteiger partial charge in [0.05, 0.1) is 0 Å². The van der Waals surface area contributed by atoms with Crippen molar-refractivity contribution in [2.45, 2.75) is 5.41 Å². The highest BCUT2D eigenvalue weighted by Crippen LogP contribution is 2.21. The lowest BCUT2D eigenvalue weighted by Crippen LogP contribution is -2.18. The fraction of sp³-hybridized carbons (Fsp3) is 0.100. The third-order valence-electron chi connectivity index (χ3n) is 1.78. The number of hydrogen-bond donors (Lipinski definition) is 0. The van der Waals surface area contributed by atoms with Crippen molar-refractivity contribution in [3.8, 4) is 18.2 Å². The molecule has 3 nitrogen and oxygen atoms in total. The largest absolute Gasteiger partial charge is 0.253 e. The van der Waals surface area contributed by atoms with Crippen LogP contribution in [0.15, 0.2) is 24.3 Å². The molecule has 0 N–H and O–H groups in total. The van der Waals surface area contributed by atoms with Crippen LogP contribution in [-0.4, -0.2) is 0 Å². The lowest BCUT2D eigenvalue weighted by molar-refractivity contribution is 0.626. The smallest absolute Gasteiger partial charge is 0.207 e. The molecule has 0 aromatic heterocycles. The van der Waals surface area contributed by atoms with Crippen LogP contribution in [0, 0.1) is 39.8 Å². The summed E-state index contributed by atoms with van der Waals surface area (Å²) in [6.45, 7) is 0. The van der Waals surface area contributed by atoms with Gasteiger partial charge in [-0.15, -0.1) is 0 Å². The zero-order valence-corrected chi connectivity index (χ0v) is 7.03. The minimum Gasteiger partial charge on any atom is -0.207 e. The monoisotopic (exact) mass is 185 g/mol. The Labute approximate surface area is 80.2 Å². The summed E-state index contributed by atoms with van der Waals surface area (Å²) in [5, 5.41) is 26.1. The second kappa shape index (κ2) is 3.56. The molecule has 0 amide bonds. The van der Waals surface area contributed by atoms with Crippen LogP contribution in [0.2, 0.25) is 0 Å². The molecular weight excluding hydrogens is 181 g/mol. The normalized spacial score (nSPS) is 9.57. The van der Waals surface area contributed by atoms with Crippen LogP contribution in [0.3, 0.4) is 0 Å². The van der Waals surface area contributed by atoms with Crippen molar-refractivity contribution in [2.24, 2.45) is 0 Å². The van der Waals surface area contributed by atoms with Crippen molar-refractivity contribution in [2.75, 3.05) is 0 Å². The molecule has 14 heavy (non-hydrogen) atoms. The lowest BCUT2D eigenvalue weighted by Gasteiger charge is -2.08. The number of rotatable bonds is 1. The van der Waals surface area contributed by atoms with Gasteiger partial charge in [-0.05, 0) is 12.1 Å². The second-order valence-electron chi connectivity index (χ2n) is 2.59. The van der Waals surface area contributed by atoms with Gasteiger partial charge in [0.2, 0.25) is 0 Å². The van der Waals surface area contributed by atoms with Gasteiger partial charge in [0.15, 0.2) is 0 Å². The first-order chi connectivity index (χ1) is 6.68. The summed E-state index contributed by atoms with van der Waals surface area (Å²) in [5.41, 5.74) is -1.65. The number of benzene rings is 1. The summed E-state index contributed by atoms with van der Waals surface area (Å²) in [6, 6.07) is 9.54. The molecule has 1 aromatic carbocycles. The predicted octanol–water partition coefficient (Wildman–Crippen LogP) is 1.63. The molecule has 1 rings (SSSR count). The number of hydrogen-bond acceptors (Lipinski definition) is 3. The van der Waals surface area contributed by atoms with Crippen molar-refractivity contribution >= 4 is 0 Å². The summed E-state index contributed by atoms with van der Waals surface area (Å²) in [6.07, 6.45) is 0. The fourth-order valence-corrected chi connectivity index (χ4v) is 0.969. The number of nitrogens with zero attached hydrogens (tertiary/aromatic N) is 3. The van der Waals surface area contributed by atoms with Crippen LogP contribution >= 0.6 is 0 Å². The van der Waals surface area contributed by atoms with Crippen molar-refractivity contribution in [1.29, 1.82) is 15.8 Å². The van der Waals surface area contributed by atoms with Gasteiger partial charge in [-0.3, -0.25) is 0 Å². The summed E-state index contributed by atoms with van der Waals surface area (Å²) in [4.78, 5) is 0. The van der Waals surface area contributed by atoms with Gasteiger partial charge in [0.25, 0.3) is 5.41 Å². The van der Waals surface area contributed by atoms with Crippen molar-refractivity contribution in [1.82, 2.24) is 0 Å². The molecule has 0 bridgehead atoms. The second-order valence-corrected chi connectivity index (χ2v) is 2.59. The Hall–Kier alpha value is -2.38. The van der Waals surface area contributed by atoms with E-state index in [0.29, 0.717) is 0 Å². The summed E-state index contributed by atoms with van der Waals surface area (Å²) in [7, 11) is 0. The minimum absolute atomic E-state index is 0.186. The molecule has 0 saturated carbocycles. The summed E-state index contributed by atoms with van der Waals surface area (Å²) >= 11 is 0. The van der Waals surface area contributed by atoms with Crippen LogP contribution in [-0.2, 0) is 5.41 Å². The van der Waals surface area contributed by atoms with E-state index in [-0.39, 0.29) is 5.56 Å². The maximum atomic E-state index is 12.5. The predicted molar refractivity (Wildman–Crippen MR) is 44.9 cm³/mol. The van der Waals surface area contributed by atoms with E-state index in [4.69, 9.17) is 15.8 Å². The molecule has 0 radical (unpaired) electrons. The summed E-state index contributed by atoms with van der Waals surface area (Å²) < 4.78 is 12.5. The maximum absolute atomic E-state index is 12.5. The quantitative estimate of drug-likeness (QED) is 0.667. The molecule has 4 heteroatoms. The molecule has 0 spiro atoms. The van der Waals surface area contributed by atoms with E-state index in [1.807, 2.05) is 0 Å². The van der Waals surface area contributed by atoms with E-state index >= 15 is 0 Å². The molecule has 66 valence electrons. The zero-order chi connectivity index (χ0) is 10.6. The van der Waals surface area contributed by atoms with Crippen molar-refractivity contribution < 1.29 is 4.39 Å². The van der Waals surface area contributed by atoms with Gasteiger partial charge in [-0.1, -0.05) is 12.1 Å². The maximum Gasteiger partial charge on any atom is 0.253 e. The Balaban J connectivity index is 3.31. The van der Waals surface area contributed by atoms with E-state index in [1.165, 1.54) is 12.1 Å². The topological polar surface area (TPSA) is 71.4 Å². The molecule has 0 atom stereocenters. The molecular formula is C10H4FN3. The Morgan fingerprint density at radius 1 is 0.929 bits per heavy atom. The molecule has 0 aliphatic carbocycles. The number of halogens is 1. The van der Waals surface area contributed by atoms with Gasteiger partial charge in [-0.2, -0.15) is 15.8 Å². The Kier molecular flexibility index (Phi) is 2.47. The molecule has 0 heterocycles. The average molecular weight is 185 g/mol. The number of nitriles is 3. The van der Waals surface area contributed by atoms with E-state index in [9.17, 15) is 4.39 Å². The van der Waals surface area contributed by atoms with E-state index in [0.717, 1.165) is 12.1 Å². The van der Waals surface area contributed by atoms with Crippen LogP contribution < -0.4 is 0 Å². The Bertz CT molecular complexity index is 420. The lowest BCUT2D eigenvalue weighted by atomic mass is 9.85. The van der Waals surface area contributed by atoms with Gasteiger partial charge in [0, 0.05) is 5.56 Å². The first kappa shape index (κ1) is 9.71. The Morgan fingerprint density at radius 3 is 1.71 bits per heavy atom. The molecule has 0 fully saturated rings. The van der Waals surface area contributed by atoms with Crippen molar-refractivity contribution in [3.63, 3.8) is 0 Å². The highest BCUT2D eigenvalue weighted by atomic mass is 19.1. The van der Waals surface area contributed by atoms with Crippen LogP contribution in [0.1, 0.15) is 5.56 Å². The molecule has 0 saturated heterocycles. The third-order valence-corrected chi connectivity index (χ3v) is 1.78. The first-order valence-corrected chi connectivity index (χ1v) is 3.68. The summed E-state index contributed by atoms with van der Waals surface area (Å²) in [5.74, 6) is -0.475. The zero-order valence-electron chi connectivity index (χ0n) is 7.03. The van der Waals surface area contributed by atoms with Crippen LogP contribution in [0.5, 0.6) is 0 Å². The Morgan fingerprint density at radius 2 is 1.36 bits per heavy atom. The van der Waals surface area contributed by atoms with Gasteiger partial charge < -0.3 is 0 Å². The van der Waals surface area contributed by atoms with Gasteiger partial charge in [0.1, 0.15) is 24.0 Å². The standard InChI is InChI=1S/C10H4FN3/c11-9-3-1-8(2-4-9)10(5-12,6-13)7-14/h1-4H.